The molecule has 0 aliphatic carbocycles. The first-order valence-electron chi connectivity index (χ1n) is 7.44. The summed E-state index contributed by atoms with van der Waals surface area (Å²) in [5.74, 6) is 0.565. The number of nitrogens with zero attached hydrogens (tertiary/aromatic N) is 2. The first-order chi connectivity index (χ1) is 9.74. The van der Waals surface area contributed by atoms with Gasteiger partial charge >= 0.3 is 5.95 Å². The third kappa shape index (κ3) is 2.25. The Labute approximate surface area is 119 Å². The zero-order valence-electron chi connectivity index (χ0n) is 11.9. The monoisotopic (exact) mass is 271 g/mol. The number of imidazole rings is 1. The lowest BCUT2D eigenvalue weighted by Crippen LogP contribution is -2.55. The molecular formula is C16H21N3O. The summed E-state index contributed by atoms with van der Waals surface area (Å²) in [4.78, 5) is 7.71. The van der Waals surface area contributed by atoms with E-state index >= 15 is 0 Å². The predicted molar refractivity (Wildman–Crippen MR) is 82.0 cm³/mol. The van der Waals surface area contributed by atoms with Crippen molar-refractivity contribution >= 4 is 5.95 Å². The van der Waals surface area contributed by atoms with Crippen LogP contribution in [-0.4, -0.2) is 22.6 Å². The van der Waals surface area contributed by atoms with Gasteiger partial charge in [-0.1, -0.05) is 37.3 Å². The molecule has 20 heavy (non-hydrogen) atoms. The second-order valence-electron chi connectivity index (χ2n) is 5.55. The molecule has 1 aliphatic heterocycles. The van der Waals surface area contributed by atoms with E-state index < -0.39 is 0 Å². The van der Waals surface area contributed by atoms with Gasteiger partial charge in [0.15, 0.2) is 0 Å². The van der Waals surface area contributed by atoms with E-state index in [1.807, 2.05) is 36.5 Å². The highest BCUT2D eigenvalue weighted by atomic mass is 16.6. The van der Waals surface area contributed by atoms with Crippen molar-refractivity contribution in [2.45, 2.75) is 38.6 Å². The van der Waals surface area contributed by atoms with Crippen LogP contribution in [0.15, 0.2) is 36.5 Å². The Balaban J connectivity index is 1.93. The predicted octanol–water partition coefficient (Wildman–Crippen LogP) is 3.84. The molecule has 2 heterocycles. The molecule has 4 heteroatoms. The molecule has 1 saturated heterocycles. The fraction of sp³-hybridized carbons (Fsp3) is 0.438. The number of nitrogens with one attached hydrogen (secondary N) is 1. The smallest absolute Gasteiger partial charge is 0.307 e. The lowest BCUT2D eigenvalue weighted by atomic mass is 10.00. The molecule has 1 N–H and O–H groups in total. The highest BCUT2D eigenvalue weighted by molar-refractivity contribution is 5.60. The summed E-state index contributed by atoms with van der Waals surface area (Å²) >= 11 is 0. The van der Waals surface area contributed by atoms with Crippen molar-refractivity contribution in [3.63, 3.8) is 0 Å². The largest absolute Gasteiger partial charge is 0.625 e. The molecule has 1 aromatic heterocycles. The molecule has 0 radical (unpaired) electrons. The number of piperidine rings is 1. The average Bonchev–Trinajstić information content (AvgIpc) is 2.99. The van der Waals surface area contributed by atoms with Crippen molar-refractivity contribution in [3.8, 4) is 11.3 Å². The molecule has 1 aromatic carbocycles. The number of quaternary nitrogens is 1. The molecule has 0 amide bonds. The normalized spacial score (nSPS) is 26.6. The highest BCUT2D eigenvalue weighted by Crippen LogP contribution is 2.32. The van der Waals surface area contributed by atoms with Gasteiger partial charge in [0.2, 0.25) is 0 Å². The fourth-order valence-electron chi connectivity index (χ4n) is 3.16. The van der Waals surface area contributed by atoms with Crippen LogP contribution < -0.4 is 4.65 Å². The topological polar surface area (TPSA) is 51.7 Å². The molecule has 4 nitrogen and oxygen atoms in total. The molecule has 2 aromatic rings. The van der Waals surface area contributed by atoms with Gasteiger partial charge < -0.3 is 5.21 Å². The Morgan fingerprint density at radius 3 is 2.85 bits per heavy atom. The maximum atomic E-state index is 13.2. The standard InChI is InChI=1S/C16H21N3O/c1-2-14-10-6-7-11-19(14,20)16-17-12-15(18-16)13-8-4-3-5-9-13/h3-5,8-9,12,14H,2,6-7,10-11H2,1H3,(H,17,18). The number of hydroxylamine groups is 2. The molecule has 1 fully saturated rings. The molecule has 3 rings (SSSR count). The number of hydrogen-bond acceptors (Lipinski definition) is 2. The van der Waals surface area contributed by atoms with Gasteiger partial charge in [-0.2, -0.15) is 4.98 Å². The van der Waals surface area contributed by atoms with Crippen LogP contribution in [0.1, 0.15) is 32.6 Å². The van der Waals surface area contributed by atoms with E-state index in [1.54, 1.807) is 0 Å². The van der Waals surface area contributed by atoms with Crippen LogP contribution in [0.5, 0.6) is 0 Å². The van der Waals surface area contributed by atoms with E-state index in [0.717, 1.165) is 36.9 Å². The number of aromatic nitrogens is 2. The third-order valence-electron chi connectivity index (χ3n) is 4.33. The molecule has 2 atom stereocenters. The van der Waals surface area contributed by atoms with Crippen LogP contribution in [0.4, 0.5) is 5.95 Å². The lowest BCUT2D eigenvalue weighted by molar-refractivity contribution is 0.200. The van der Waals surface area contributed by atoms with Crippen molar-refractivity contribution in [3.05, 3.63) is 41.7 Å². The van der Waals surface area contributed by atoms with Gasteiger partial charge in [-0.05, 0) is 19.3 Å². The van der Waals surface area contributed by atoms with Crippen molar-refractivity contribution in [1.29, 1.82) is 0 Å². The molecule has 0 spiro atoms. The second-order valence-corrected chi connectivity index (χ2v) is 5.55. The van der Waals surface area contributed by atoms with E-state index in [9.17, 15) is 5.21 Å². The van der Waals surface area contributed by atoms with Crippen LogP contribution in [-0.2, 0) is 0 Å². The Morgan fingerprint density at radius 1 is 1.30 bits per heavy atom. The molecule has 0 saturated carbocycles. The quantitative estimate of drug-likeness (QED) is 0.681. The minimum Gasteiger partial charge on any atom is -0.625 e. The molecule has 2 unspecified atom stereocenters. The summed E-state index contributed by atoms with van der Waals surface area (Å²) in [6.07, 6.45) is 5.91. The number of hydrogen-bond donors (Lipinski definition) is 1. The van der Waals surface area contributed by atoms with Crippen LogP contribution in [0, 0.1) is 5.21 Å². The van der Waals surface area contributed by atoms with Gasteiger partial charge in [0.25, 0.3) is 0 Å². The summed E-state index contributed by atoms with van der Waals surface area (Å²) in [5.41, 5.74) is 1.90. The van der Waals surface area contributed by atoms with E-state index in [-0.39, 0.29) is 10.7 Å². The Hall–Kier alpha value is -1.65. The Bertz CT molecular complexity index is 566. The zero-order valence-corrected chi connectivity index (χ0v) is 11.9. The second kappa shape index (κ2) is 5.38. The first-order valence-corrected chi connectivity index (χ1v) is 7.44. The molecular weight excluding hydrogens is 250 g/mol. The summed E-state index contributed by atoms with van der Waals surface area (Å²) in [6, 6.07) is 10.1. The summed E-state index contributed by atoms with van der Waals surface area (Å²) in [5, 5.41) is 13.2. The Morgan fingerprint density at radius 2 is 2.10 bits per heavy atom. The van der Waals surface area contributed by atoms with Crippen molar-refractivity contribution < 1.29 is 0 Å². The van der Waals surface area contributed by atoms with Gasteiger partial charge in [0.1, 0.15) is 0 Å². The van der Waals surface area contributed by atoms with Crippen LogP contribution in [0.3, 0.4) is 0 Å². The minimum absolute atomic E-state index is 0.138. The van der Waals surface area contributed by atoms with Crippen molar-refractivity contribution in [2.75, 3.05) is 6.54 Å². The summed E-state index contributed by atoms with van der Waals surface area (Å²) in [6.45, 7) is 2.74. The molecule has 0 bridgehead atoms. The number of benzene rings is 1. The first kappa shape index (κ1) is 13.3. The van der Waals surface area contributed by atoms with Crippen LogP contribution in [0.25, 0.3) is 11.3 Å². The lowest BCUT2D eigenvalue weighted by Gasteiger charge is -2.48. The van der Waals surface area contributed by atoms with E-state index in [0.29, 0.717) is 12.5 Å². The van der Waals surface area contributed by atoms with E-state index in [4.69, 9.17) is 0 Å². The minimum atomic E-state index is -0.288. The van der Waals surface area contributed by atoms with Gasteiger partial charge in [0.05, 0.1) is 18.3 Å². The van der Waals surface area contributed by atoms with Crippen LogP contribution >= 0.6 is 0 Å². The zero-order chi connectivity index (χ0) is 14.0. The number of aromatic amines is 1. The van der Waals surface area contributed by atoms with Crippen LogP contribution in [0.2, 0.25) is 0 Å². The maximum absolute atomic E-state index is 13.2. The van der Waals surface area contributed by atoms with E-state index in [2.05, 4.69) is 16.9 Å². The average molecular weight is 271 g/mol. The van der Waals surface area contributed by atoms with Gasteiger partial charge in [-0.25, -0.2) is 0 Å². The number of H-pyrrole nitrogens is 1. The summed E-state index contributed by atoms with van der Waals surface area (Å²) in [7, 11) is 0. The number of rotatable bonds is 3. The van der Waals surface area contributed by atoms with Gasteiger partial charge in [0, 0.05) is 18.2 Å². The fourth-order valence-corrected chi connectivity index (χ4v) is 3.16. The van der Waals surface area contributed by atoms with Crippen molar-refractivity contribution in [1.82, 2.24) is 14.6 Å². The van der Waals surface area contributed by atoms with Crippen molar-refractivity contribution in [2.24, 2.45) is 0 Å². The van der Waals surface area contributed by atoms with Gasteiger partial charge in [-0.15, -0.1) is 0 Å². The highest BCUT2D eigenvalue weighted by Gasteiger charge is 2.35. The summed E-state index contributed by atoms with van der Waals surface area (Å²) < 4.78 is -0.288. The Kier molecular flexibility index (Phi) is 3.59. The maximum Gasteiger partial charge on any atom is 0.307 e. The SMILES string of the molecule is CCC1CCCC[N+]1([O-])c1nc(-c2ccccc2)c[nH]1. The third-order valence-corrected chi connectivity index (χ3v) is 4.33. The molecule has 106 valence electrons. The molecule has 1 aliphatic rings. The van der Waals surface area contributed by atoms with Gasteiger partial charge in [-0.3, -0.25) is 9.63 Å². The van der Waals surface area contributed by atoms with E-state index in [1.165, 1.54) is 0 Å².